The summed E-state index contributed by atoms with van der Waals surface area (Å²) < 4.78 is 27.6. The molecule has 0 spiro atoms. The van der Waals surface area contributed by atoms with Crippen LogP contribution in [0.15, 0.2) is 5.16 Å². The fraction of sp³-hybridized carbons (Fsp3) is 0.889. The van der Waals surface area contributed by atoms with Crippen LogP contribution in [0.1, 0.15) is 32.1 Å². The van der Waals surface area contributed by atoms with E-state index in [4.69, 9.17) is 10.9 Å². The van der Waals surface area contributed by atoms with Crippen molar-refractivity contribution in [3.8, 4) is 0 Å². The summed E-state index contributed by atoms with van der Waals surface area (Å²) in [5, 5.41) is 11.1. The highest BCUT2D eigenvalue weighted by molar-refractivity contribution is 7.87. The SMILES string of the molecule is N/C(CCCNS(=O)(=O)N1CCCCC1)=N/O. The van der Waals surface area contributed by atoms with Crippen LogP contribution in [-0.2, 0) is 10.2 Å². The van der Waals surface area contributed by atoms with Gasteiger partial charge in [0.1, 0.15) is 5.84 Å². The van der Waals surface area contributed by atoms with Gasteiger partial charge in [0.15, 0.2) is 0 Å². The van der Waals surface area contributed by atoms with Crippen molar-refractivity contribution in [3.05, 3.63) is 0 Å². The van der Waals surface area contributed by atoms with Gasteiger partial charge in [0, 0.05) is 26.1 Å². The van der Waals surface area contributed by atoms with Gasteiger partial charge in [-0.25, -0.2) is 4.72 Å². The number of nitrogens with zero attached hydrogens (tertiary/aromatic N) is 2. The van der Waals surface area contributed by atoms with Gasteiger partial charge >= 0.3 is 0 Å². The molecule has 0 aromatic carbocycles. The van der Waals surface area contributed by atoms with Gasteiger partial charge in [-0.15, -0.1) is 0 Å². The Balaban J connectivity index is 2.29. The molecule has 0 aromatic heterocycles. The zero-order valence-electron chi connectivity index (χ0n) is 9.80. The molecule has 1 rings (SSSR count). The normalized spacial score (nSPS) is 19.4. The van der Waals surface area contributed by atoms with Gasteiger partial charge in [-0.3, -0.25) is 0 Å². The van der Waals surface area contributed by atoms with E-state index in [1.54, 1.807) is 0 Å². The molecule has 1 aliphatic rings. The standard InChI is InChI=1S/C9H20N4O3S/c10-9(12-14)5-4-6-11-17(15,16)13-7-2-1-3-8-13/h11,14H,1-8H2,(H2,10,12). The first-order valence-corrected chi connectivity index (χ1v) is 7.21. The zero-order chi connectivity index (χ0) is 12.7. The van der Waals surface area contributed by atoms with Crippen LogP contribution in [-0.4, -0.2) is 43.4 Å². The van der Waals surface area contributed by atoms with Crippen LogP contribution in [0.2, 0.25) is 0 Å². The van der Waals surface area contributed by atoms with Crippen LogP contribution in [0.3, 0.4) is 0 Å². The summed E-state index contributed by atoms with van der Waals surface area (Å²) in [6.07, 6.45) is 3.83. The number of piperidine rings is 1. The number of hydrogen-bond acceptors (Lipinski definition) is 4. The van der Waals surface area contributed by atoms with E-state index in [1.165, 1.54) is 4.31 Å². The minimum Gasteiger partial charge on any atom is -0.409 e. The van der Waals surface area contributed by atoms with E-state index in [-0.39, 0.29) is 5.84 Å². The van der Waals surface area contributed by atoms with Crippen molar-refractivity contribution in [2.24, 2.45) is 10.9 Å². The molecule has 0 aromatic rings. The lowest BCUT2D eigenvalue weighted by Crippen LogP contribution is -2.43. The molecule has 17 heavy (non-hydrogen) atoms. The Morgan fingerprint density at radius 2 is 2.00 bits per heavy atom. The Morgan fingerprint density at radius 1 is 1.35 bits per heavy atom. The highest BCUT2D eigenvalue weighted by Crippen LogP contribution is 2.11. The first-order valence-electron chi connectivity index (χ1n) is 5.77. The molecule has 4 N–H and O–H groups in total. The summed E-state index contributed by atoms with van der Waals surface area (Å²) in [4.78, 5) is 0. The van der Waals surface area contributed by atoms with Crippen molar-refractivity contribution in [1.82, 2.24) is 9.03 Å². The molecule has 7 nitrogen and oxygen atoms in total. The molecule has 0 bridgehead atoms. The number of nitrogens with one attached hydrogen (secondary N) is 1. The number of nitrogens with two attached hydrogens (primary N) is 1. The largest absolute Gasteiger partial charge is 0.409 e. The summed E-state index contributed by atoms with van der Waals surface area (Å²) in [6.45, 7) is 1.49. The quantitative estimate of drug-likeness (QED) is 0.203. The van der Waals surface area contributed by atoms with Gasteiger partial charge in [-0.1, -0.05) is 11.6 Å². The van der Waals surface area contributed by atoms with Gasteiger partial charge in [-0.05, 0) is 19.3 Å². The highest BCUT2D eigenvalue weighted by Gasteiger charge is 2.22. The van der Waals surface area contributed by atoms with Gasteiger partial charge in [0.2, 0.25) is 0 Å². The van der Waals surface area contributed by atoms with E-state index in [0.717, 1.165) is 19.3 Å². The third-order valence-corrected chi connectivity index (χ3v) is 4.29. The molecular weight excluding hydrogens is 244 g/mol. The minimum absolute atomic E-state index is 0.113. The predicted octanol–water partition coefficient (Wildman–Crippen LogP) is -0.167. The maximum atomic E-state index is 11.8. The van der Waals surface area contributed by atoms with Gasteiger partial charge < -0.3 is 10.9 Å². The van der Waals surface area contributed by atoms with E-state index in [2.05, 4.69) is 9.88 Å². The van der Waals surface area contributed by atoms with Crippen LogP contribution in [0, 0.1) is 0 Å². The smallest absolute Gasteiger partial charge is 0.279 e. The van der Waals surface area contributed by atoms with Gasteiger partial charge in [-0.2, -0.15) is 12.7 Å². The Labute approximate surface area is 102 Å². The molecule has 1 fully saturated rings. The summed E-state index contributed by atoms with van der Waals surface area (Å²) in [7, 11) is -3.35. The van der Waals surface area contributed by atoms with Crippen molar-refractivity contribution in [2.75, 3.05) is 19.6 Å². The van der Waals surface area contributed by atoms with Crippen LogP contribution >= 0.6 is 0 Å². The van der Waals surface area contributed by atoms with Crippen molar-refractivity contribution in [2.45, 2.75) is 32.1 Å². The maximum absolute atomic E-state index is 11.8. The first kappa shape index (κ1) is 14.2. The Kier molecular flexibility index (Phi) is 5.66. The number of hydrogen-bond donors (Lipinski definition) is 3. The fourth-order valence-corrected chi connectivity index (χ4v) is 3.04. The molecule has 8 heteroatoms. The lowest BCUT2D eigenvalue weighted by atomic mass is 10.2. The topological polar surface area (TPSA) is 108 Å². The lowest BCUT2D eigenvalue weighted by Gasteiger charge is -2.25. The van der Waals surface area contributed by atoms with Crippen molar-refractivity contribution in [1.29, 1.82) is 0 Å². The van der Waals surface area contributed by atoms with E-state index < -0.39 is 10.2 Å². The van der Waals surface area contributed by atoms with E-state index in [9.17, 15) is 8.42 Å². The maximum Gasteiger partial charge on any atom is 0.279 e. The summed E-state index contributed by atoms with van der Waals surface area (Å²) in [5.74, 6) is 0.113. The van der Waals surface area contributed by atoms with Crippen molar-refractivity contribution < 1.29 is 13.6 Å². The Hall–Kier alpha value is -0.860. The van der Waals surface area contributed by atoms with Crippen molar-refractivity contribution in [3.63, 3.8) is 0 Å². The number of rotatable bonds is 6. The zero-order valence-corrected chi connectivity index (χ0v) is 10.6. The number of oxime groups is 1. The second kappa shape index (κ2) is 6.77. The molecule has 0 radical (unpaired) electrons. The summed E-state index contributed by atoms with van der Waals surface area (Å²) >= 11 is 0. The second-order valence-electron chi connectivity index (χ2n) is 4.05. The molecule has 0 amide bonds. The monoisotopic (exact) mass is 264 g/mol. The van der Waals surface area contributed by atoms with Crippen LogP contribution in [0.4, 0.5) is 0 Å². The molecule has 1 saturated heterocycles. The molecule has 0 aliphatic carbocycles. The number of amidine groups is 1. The van der Waals surface area contributed by atoms with E-state index >= 15 is 0 Å². The lowest BCUT2D eigenvalue weighted by molar-refractivity contribution is 0.316. The molecule has 100 valence electrons. The molecular formula is C9H20N4O3S. The van der Waals surface area contributed by atoms with Crippen molar-refractivity contribution >= 4 is 16.0 Å². The summed E-state index contributed by atoms with van der Waals surface area (Å²) in [6, 6.07) is 0. The van der Waals surface area contributed by atoms with Crippen LogP contribution in [0.5, 0.6) is 0 Å². The van der Waals surface area contributed by atoms with Gasteiger partial charge in [0.05, 0.1) is 0 Å². The van der Waals surface area contributed by atoms with Crippen LogP contribution < -0.4 is 10.5 Å². The van der Waals surface area contributed by atoms with E-state index in [0.29, 0.717) is 32.5 Å². The predicted molar refractivity (Wildman–Crippen MR) is 65.0 cm³/mol. The summed E-state index contributed by atoms with van der Waals surface area (Å²) in [5.41, 5.74) is 5.28. The van der Waals surface area contributed by atoms with Gasteiger partial charge in [0.25, 0.3) is 10.2 Å². The molecule has 0 atom stereocenters. The molecule has 1 heterocycles. The minimum atomic E-state index is -3.35. The second-order valence-corrected chi connectivity index (χ2v) is 5.81. The average molecular weight is 264 g/mol. The molecule has 0 unspecified atom stereocenters. The Morgan fingerprint density at radius 3 is 2.59 bits per heavy atom. The van der Waals surface area contributed by atoms with E-state index in [1.807, 2.05) is 0 Å². The highest BCUT2D eigenvalue weighted by atomic mass is 32.2. The first-order chi connectivity index (χ1) is 8.06. The third kappa shape index (κ3) is 4.88. The van der Waals surface area contributed by atoms with Crippen LogP contribution in [0.25, 0.3) is 0 Å². The molecule has 1 aliphatic heterocycles. The molecule has 0 saturated carbocycles. The average Bonchev–Trinajstić information content (AvgIpc) is 2.35. The fourth-order valence-electron chi connectivity index (χ4n) is 1.72. The third-order valence-electron chi connectivity index (χ3n) is 2.68. The Bertz CT molecular complexity index is 349.